The van der Waals surface area contributed by atoms with Crippen LogP contribution in [0.25, 0.3) is 0 Å². The molecule has 0 aromatic heterocycles. The molecule has 0 fully saturated rings. The van der Waals surface area contributed by atoms with Gasteiger partial charge in [-0.3, -0.25) is 9.59 Å². The second kappa shape index (κ2) is 51.0. The molecule has 0 heterocycles. The molecule has 56 heavy (non-hydrogen) atoms. The highest BCUT2D eigenvalue weighted by atomic mass is 79.9. The fourth-order valence-corrected chi connectivity index (χ4v) is 8.27. The van der Waals surface area contributed by atoms with E-state index in [9.17, 15) is 9.59 Å². The largest absolute Gasteiger partial charge is 0.465 e. The average molecular weight is 923 g/mol. The van der Waals surface area contributed by atoms with Crippen LogP contribution < -0.4 is 0 Å². The standard InChI is InChI=1S/2C25H49BrO2/c2*1-3-5-7-9-12-16-20-24(19-15-8-6-4-2)23-28-25(27)21-17-13-10-11-14-18-22-26/h2*24H,3-23H2,1-2H3. The molecule has 0 N–H and O–H groups in total. The summed E-state index contributed by atoms with van der Waals surface area (Å²) in [6.07, 6.45) is 47.3. The lowest BCUT2D eigenvalue weighted by atomic mass is 9.95. The van der Waals surface area contributed by atoms with Crippen molar-refractivity contribution in [2.45, 2.75) is 272 Å². The number of hydrogen-bond donors (Lipinski definition) is 0. The maximum atomic E-state index is 12.1. The molecule has 0 amide bonds. The molecule has 6 heteroatoms. The molecule has 0 saturated heterocycles. The van der Waals surface area contributed by atoms with Crippen molar-refractivity contribution >= 4 is 43.8 Å². The van der Waals surface area contributed by atoms with Gasteiger partial charge in [-0.15, -0.1) is 0 Å². The molecule has 0 spiro atoms. The quantitative estimate of drug-likeness (QED) is 0.0347. The van der Waals surface area contributed by atoms with Gasteiger partial charge in [-0.05, 0) is 63.2 Å². The first-order valence-electron chi connectivity index (χ1n) is 24.9. The minimum Gasteiger partial charge on any atom is -0.465 e. The van der Waals surface area contributed by atoms with Gasteiger partial charge in [-0.2, -0.15) is 0 Å². The first-order chi connectivity index (χ1) is 27.5. The molecule has 0 saturated carbocycles. The van der Waals surface area contributed by atoms with Crippen LogP contribution in [0.4, 0.5) is 0 Å². The van der Waals surface area contributed by atoms with E-state index in [-0.39, 0.29) is 11.9 Å². The van der Waals surface area contributed by atoms with Crippen LogP contribution >= 0.6 is 31.9 Å². The van der Waals surface area contributed by atoms with Crippen molar-refractivity contribution in [3.05, 3.63) is 0 Å². The summed E-state index contributed by atoms with van der Waals surface area (Å²) in [6, 6.07) is 0. The Morgan fingerprint density at radius 3 is 0.857 bits per heavy atom. The Kier molecular flexibility index (Phi) is 52.9. The van der Waals surface area contributed by atoms with E-state index in [0.29, 0.717) is 37.9 Å². The Hall–Kier alpha value is -0.100. The molecular weight excluding hydrogens is 824 g/mol. The molecule has 2 unspecified atom stereocenters. The van der Waals surface area contributed by atoms with Gasteiger partial charge in [0.1, 0.15) is 0 Å². The Morgan fingerprint density at radius 2 is 0.571 bits per heavy atom. The molecule has 0 aliphatic heterocycles. The summed E-state index contributed by atoms with van der Waals surface area (Å²) in [6.45, 7) is 10.4. The number of alkyl halides is 2. The summed E-state index contributed by atoms with van der Waals surface area (Å²) in [7, 11) is 0. The predicted octanol–water partition coefficient (Wildman–Crippen LogP) is 18.0. The topological polar surface area (TPSA) is 52.6 Å². The Bertz CT molecular complexity index is 701. The van der Waals surface area contributed by atoms with Crippen LogP contribution in [0, 0.1) is 11.8 Å². The Balaban J connectivity index is 0. The van der Waals surface area contributed by atoms with Gasteiger partial charge in [-0.1, -0.05) is 239 Å². The zero-order valence-electron chi connectivity index (χ0n) is 38.2. The third-order valence-electron chi connectivity index (χ3n) is 11.4. The lowest BCUT2D eigenvalue weighted by Gasteiger charge is -2.17. The molecule has 0 aromatic rings. The molecule has 2 atom stereocenters. The number of halogens is 2. The van der Waals surface area contributed by atoms with E-state index in [2.05, 4.69) is 59.6 Å². The maximum absolute atomic E-state index is 12.1. The smallest absolute Gasteiger partial charge is 0.305 e. The summed E-state index contributed by atoms with van der Waals surface area (Å²) >= 11 is 6.94. The van der Waals surface area contributed by atoms with Crippen LogP contribution in [0.2, 0.25) is 0 Å². The molecule has 0 aliphatic carbocycles. The van der Waals surface area contributed by atoms with Crippen LogP contribution in [0.5, 0.6) is 0 Å². The highest BCUT2D eigenvalue weighted by Crippen LogP contribution is 2.22. The van der Waals surface area contributed by atoms with E-state index in [1.54, 1.807) is 0 Å². The van der Waals surface area contributed by atoms with Crippen molar-refractivity contribution in [1.29, 1.82) is 0 Å². The number of rotatable bonds is 44. The van der Waals surface area contributed by atoms with Crippen molar-refractivity contribution < 1.29 is 19.1 Å². The highest BCUT2D eigenvalue weighted by Gasteiger charge is 2.14. The van der Waals surface area contributed by atoms with Gasteiger partial charge < -0.3 is 9.47 Å². The lowest BCUT2D eigenvalue weighted by Crippen LogP contribution is -2.14. The first kappa shape index (κ1) is 58.0. The van der Waals surface area contributed by atoms with E-state index in [4.69, 9.17) is 9.47 Å². The maximum Gasteiger partial charge on any atom is 0.305 e. The predicted molar refractivity (Wildman–Crippen MR) is 255 cm³/mol. The molecule has 0 aliphatic rings. The minimum absolute atomic E-state index is 0.0296. The Labute approximate surface area is 368 Å². The van der Waals surface area contributed by atoms with Gasteiger partial charge >= 0.3 is 11.9 Å². The third kappa shape index (κ3) is 48.3. The van der Waals surface area contributed by atoms with E-state index in [1.165, 1.54) is 205 Å². The lowest BCUT2D eigenvalue weighted by molar-refractivity contribution is -0.146. The van der Waals surface area contributed by atoms with Crippen molar-refractivity contribution in [3.63, 3.8) is 0 Å². The Morgan fingerprint density at radius 1 is 0.339 bits per heavy atom. The first-order valence-corrected chi connectivity index (χ1v) is 27.2. The summed E-state index contributed by atoms with van der Waals surface area (Å²) in [5.74, 6) is 1.22. The molecular formula is C50H98Br2O4. The number of carbonyl (C=O) groups is 2. The van der Waals surface area contributed by atoms with Crippen LogP contribution in [0.1, 0.15) is 272 Å². The van der Waals surface area contributed by atoms with Gasteiger partial charge in [0.2, 0.25) is 0 Å². The molecule has 0 radical (unpaired) electrons. The average Bonchev–Trinajstić information content (AvgIpc) is 3.20. The normalized spacial score (nSPS) is 12.2. The van der Waals surface area contributed by atoms with Crippen LogP contribution in [0.3, 0.4) is 0 Å². The number of ether oxygens (including phenoxy) is 2. The van der Waals surface area contributed by atoms with Crippen molar-refractivity contribution in [2.24, 2.45) is 11.8 Å². The monoisotopic (exact) mass is 921 g/mol. The van der Waals surface area contributed by atoms with Crippen LogP contribution in [-0.2, 0) is 19.1 Å². The fraction of sp³-hybridized carbons (Fsp3) is 0.960. The number of unbranched alkanes of at least 4 members (excludes halogenated alkanes) is 26. The third-order valence-corrected chi connectivity index (χ3v) is 12.5. The van der Waals surface area contributed by atoms with Crippen molar-refractivity contribution in [1.82, 2.24) is 0 Å². The minimum atomic E-state index is 0.0296. The van der Waals surface area contributed by atoms with Crippen molar-refractivity contribution in [3.8, 4) is 0 Å². The second-order valence-corrected chi connectivity index (χ2v) is 18.6. The summed E-state index contributed by atoms with van der Waals surface area (Å²) in [5, 5.41) is 2.22. The molecule has 336 valence electrons. The van der Waals surface area contributed by atoms with Gasteiger partial charge in [0.25, 0.3) is 0 Å². The van der Waals surface area contributed by atoms with Gasteiger partial charge in [0.05, 0.1) is 13.2 Å². The number of hydrogen-bond acceptors (Lipinski definition) is 4. The second-order valence-electron chi connectivity index (χ2n) is 17.0. The zero-order chi connectivity index (χ0) is 41.4. The summed E-state index contributed by atoms with van der Waals surface area (Å²) in [4.78, 5) is 24.2. The van der Waals surface area contributed by atoms with E-state index < -0.39 is 0 Å². The molecule has 0 aromatic carbocycles. The van der Waals surface area contributed by atoms with Gasteiger partial charge in [0, 0.05) is 23.5 Å². The van der Waals surface area contributed by atoms with E-state index >= 15 is 0 Å². The van der Waals surface area contributed by atoms with Gasteiger partial charge in [0.15, 0.2) is 0 Å². The molecule has 0 bridgehead atoms. The van der Waals surface area contributed by atoms with E-state index in [0.717, 1.165) is 36.3 Å². The fourth-order valence-electron chi connectivity index (χ4n) is 7.48. The van der Waals surface area contributed by atoms with Crippen LogP contribution in [-0.4, -0.2) is 35.8 Å². The highest BCUT2D eigenvalue weighted by molar-refractivity contribution is 9.09. The SMILES string of the molecule is CCCCCCCCC(CCCCCC)COC(=O)CCCCCCCCBr.CCCCCCCCC(CCCCCC)COC(=O)CCCCCCCCBr. The summed E-state index contributed by atoms with van der Waals surface area (Å²) < 4.78 is 11.3. The van der Waals surface area contributed by atoms with Crippen LogP contribution in [0.15, 0.2) is 0 Å². The van der Waals surface area contributed by atoms with Gasteiger partial charge in [-0.25, -0.2) is 0 Å². The zero-order valence-corrected chi connectivity index (χ0v) is 41.4. The molecule has 0 rings (SSSR count). The van der Waals surface area contributed by atoms with E-state index in [1.807, 2.05) is 0 Å². The van der Waals surface area contributed by atoms with Crippen molar-refractivity contribution in [2.75, 3.05) is 23.9 Å². The summed E-state index contributed by atoms with van der Waals surface area (Å²) in [5.41, 5.74) is 0. The number of carbonyl (C=O) groups excluding carboxylic acids is 2. The number of esters is 2. The molecule has 4 nitrogen and oxygen atoms in total.